The largest absolute Gasteiger partial charge is 0.491 e. The zero-order valence-corrected chi connectivity index (χ0v) is 14.2. The van der Waals surface area contributed by atoms with Gasteiger partial charge in [-0.15, -0.1) is 0 Å². The molecule has 128 valence electrons. The minimum absolute atomic E-state index is 0.00351. The van der Waals surface area contributed by atoms with E-state index in [1.165, 1.54) is 13.8 Å². The summed E-state index contributed by atoms with van der Waals surface area (Å²) in [6, 6.07) is 7.13. The molecule has 5 nitrogen and oxygen atoms in total. The van der Waals surface area contributed by atoms with Crippen molar-refractivity contribution < 1.29 is 23.8 Å². The first-order chi connectivity index (χ1) is 11.0. The van der Waals surface area contributed by atoms with Gasteiger partial charge in [-0.05, 0) is 32.4 Å². The lowest BCUT2D eigenvalue weighted by Crippen LogP contribution is -2.24. The number of rotatable bonds is 12. The lowest BCUT2D eigenvalue weighted by atomic mass is 10.1. The van der Waals surface area contributed by atoms with Crippen LogP contribution in [0.2, 0.25) is 0 Å². The van der Waals surface area contributed by atoms with Gasteiger partial charge in [0.25, 0.3) is 0 Å². The Morgan fingerprint density at radius 1 is 1.17 bits per heavy atom. The highest BCUT2D eigenvalue weighted by atomic mass is 16.6. The third-order valence-corrected chi connectivity index (χ3v) is 3.17. The molecule has 1 aromatic carbocycles. The Hall–Kier alpha value is -1.72. The van der Waals surface area contributed by atoms with Crippen molar-refractivity contribution in [2.24, 2.45) is 0 Å². The molecule has 0 aromatic heterocycles. The van der Waals surface area contributed by atoms with Gasteiger partial charge in [-0.2, -0.15) is 0 Å². The number of carbonyl (C=O) groups is 2. The van der Waals surface area contributed by atoms with Crippen molar-refractivity contribution >= 4 is 11.6 Å². The summed E-state index contributed by atoms with van der Waals surface area (Å²) in [4.78, 5) is 22.1. The molecule has 0 aliphatic carbocycles. The Balaban J connectivity index is 2.38. The number of hydrogen-bond acceptors (Lipinski definition) is 5. The van der Waals surface area contributed by atoms with Crippen molar-refractivity contribution in [2.45, 2.75) is 39.7 Å². The van der Waals surface area contributed by atoms with E-state index in [1.54, 1.807) is 18.2 Å². The third kappa shape index (κ3) is 8.47. The molecule has 0 N–H and O–H groups in total. The van der Waals surface area contributed by atoms with Crippen molar-refractivity contribution in [1.82, 2.24) is 0 Å². The number of Topliss-reactive ketones (excluding diaryl/α,β-unsaturated/α-hetero) is 2. The Morgan fingerprint density at radius 3 is 2.61 bits per heavy atom. The molecule has 0 radical (unpaired) electrons. The fourth-order valence-corrected chi connectivity index (χ4v) is 2.02. The molecule has 1 rings (SSSR count). The molecule has 0 spiro atoms. The van der Waals surface area contributed by atoms with Crippen LogP contribution in [0.5, 0.6) is 5.75 Å². The summed E-state index contributed by atoms with van der Waals surface area (Å²) < 4.78 is 16.6. The van der Waals surface area contributed by atoms with Crippen LogP contribution in [0.4, 0.5) is 0 Å². The highest BCUT2D eigenvalue weighted by Crippen LogP contribution is 2.15. The SMILES string of the molecule is CCCC(COc1cccc(C(C)=O)c1)OCCOCC(C)=O. The van der Waals surface area contributed by atoms with Gasteiger partial charge in [0, 0.05) is 5.56 Å². The fraction of sp³-hybridized carbons (Fsp3) is 0.556. The molecule has 0 heterocycles. The Bertz CT molecular complexity index is 498. The van der Waals surface area contributed by atoms with Crippen LogP contribution in [0.1, 0.15) is 44.0 Å². The maximum Gasteiger partial charge on any atom is 0.159 e. The van der Waals surface area contributed by atoms with Crippen LogP contribution in [0.15, 0.2) is 24.3 Å². The average Bonchev–Trinajstić information content (AvgIpc) is 2.52. The standard InChI is InChI=1S/C18H26O5/c1-4-6-18(22-10-9-21-12-14(2)19)13-23-17-8-5-7-16(11-17)15(3)20/h5,7-8,11,18H,4,6,9-10,12-13H2,1-3H3. The van der Waals surface area contributed by atoms with Gasteiger partial charge >= 0.3 is 0 Å². The summed E-state index contributed by atoms with van der Waals surface area (Å²) in [5, 5.41) is 0. The normalized spacial score (nSPS) is 12.0. The first-order valence-electron chi connectivity index (χ1n) is 7.95. The predicted octanol–water partition coefficient (Wildman–Crippen LogP) is 3.06. The van der Waals surface area contributed by atoms with E-state index in [0.29, 0.717) is 31.1 Å². The van der Waals surface area contributed by atoms with E-state index in [1.807, 2.05) is 6.07 Å². The fourth-order valence-electron chi connectivity index (χ4n) is 2.02. The van der Waals surface area contributed by atoms with Crippen LogP contribution in [-0.4, -0.2) is 44.1 Å². The summed E-state index contributed by atoms with van der Waals surface area (Å²) in [5.41, 5.74) is 0.632. The quantitative estimate of drug-likeness (QED) is 0.437. The van der Waals surface area contributed by atoms with Gasteiger partial charge in [0.05, 0.1) is 19.3 Å². The van der Waals surface area contributed by atoms with Crippen LogP contribution in [0.25, 0.3) is 0 Å². The smallest absolute Gasteiger partial charge is 0.159 e. The molecule has 0 aliphatic heterocycles. The van der Waals surface area contributed by atoms with E-state index in [2.05, 4.69) is 6.92 Å². The number of ether oxygens (including phenoxy) is 3. The van der Waals surface area contributed by atoms with Gasteiger partial charge in [0.2, 0.25) is 0 Å². The second kappa shape index (κ2) is 10.9. The first kappa shape index (κ1) is 19.3. The highest BCUT2D eigenvalue weighted by Gasteiger charge is 2.10. The number of hydrogen-bond donors (Lipinski definition) is 0. The van der Waals surface area contributed by atoms with Gasteiger partial charge in [0.1, 0.15) is 19.0 Å². The van der Waals surface area contributed by atoms with Crippen LogP contribution < -0.4 is 4.74 Å². The average molecular weight is 322 g/mol. The van der Waals surface area contributed by atoms with Crippen LogP contribution in [-0.2, 0) is 14.3 Å². The van der Waals surface area contributed by atoms with Gasteiger partial charge in [-0.1, -0.05) is 25.5 Å². The molecule has 1 aromatic rings. The van der Waals surface area contributed by atoms with Crippen LogP contribution in [0, 0.1) is 0 Å². The maximum absolute atomic E-state index is 11.4. The summed E-state index contributed by atoms with van der Waals surface area (Å²) in [6.07, 6.45) is 1.82. The number of ketones is 2. The maximum atomic E-state index is 11.4. The third-order valence-electron chi connectivity index (χ3n) is 3.17. The molecule has 0 aliphatic rings. The van der Waals surface area contributed by atoms with E-state index in [0.717, 1.165) is 12.8 Å². The summed E-state index contributed by atoms with van der Waals surface area (Å²) >= 11 is 0. The van der Waals surface area contributed by atoms with E-state index in [9.17, 15) is 9.59 Å². The lowest BCUT2D eigenvalue weighted by molar-refractivity contribution is -0.122. The molecule has 0 bridgehead atoms. The molecular formula is C18H26O5. The Labute approximate surface area is 137 Å². The summed E-state index contributed by atoms with van der Waals surface area (Å²) in [7, 11) is 0. The van der Waals surface area contributed by atoms with Crippen molar-refractivity contribution in [3.05, 3.63) is 29.8 Å². The zero-order chi connectivity index (χ0) is 17.1. The van der Waals surface area contributed by atoms with Crippen molar-refractivity contribution in [3.63, 3.8) is 0 Å². The minimum Gasteiger partial charge on any atom is -0.491 e. The number of benzene rings is 1. The molecule has 1 atom stereocenters. The van der Waals surface area contributed by atoms with Gasteiger partial charge in [0.15, 0.2) is 11.6 Å². The first-order valence-corrected chi connectivity index (χ1v) is 7.95. The second-order valence-corrected chi connectivity index (χ2v) is 5.43. The summed E-state index contributed by atoms with van der Waals surface area (Å²) in [5.74, 6) is 0.679. The van der Waals surface area contributed by atoms with Gasteiger partial charge in [-0.25, -0.2) is 0 Å². The second-order valence-electron chi connectivity index (χ2n) is 5.43. The van der Waals surface area contributed by atoms with Gasteiger partial charge < -0.3 is 14.2 Å². The predicted molar refractivity (Wildman–Crippen MR) is 88.1 cm³/mol. The molecule has 0 amide bonds. The molecule has 1 unspecified atom stereocenters. The monoisotopic (exact) mass is 322 g/mol. The zero-order valence-electron chi connectivity index (χ0n) is 14.2. The van der Waals surface area contributed by atoms with Crippen molar-refractivity contribution in [1.29, 1.82) is 0 Å². The molecular weight excluding hydrogens is 296 g/mol. The molecule has 0 saturated carbocycles. The molecule has 5 heteroatoms. The van der Waals surface area contributed by atoms with E-state index < -0.39 is 0 Å². The van der Waals surface area contributed by atoms with Crippen molar-refractivity contribution in [2.75, 3.05) is 26.4 Å². The molecule has 23 heavy (non-hydrogen) atoms. The minimum atomic E-state index is -0.0399. The van der Waals surface area contributed by atoms with Crippen LogP contribution >= 0.6 is 0 Å². The lowest BCUT2D eigenvalue weighted by Gasteiger charge is -2.18. The molecule has 0 fully saturated rings. The topological polar surface area (TPSA) is 61.8 Å². The van der Waals surface area contributed by atoms with Crippen molar-refractivity contribution in [3.8, 4) is 5.75 Å². The van der Waals surface area contributed by atoms with E-state index >= 15 is 0 Å². The van der Waals surface area contributed by atoms with E-state index in [-0.39, 0.29) is 24.3 Å². The number of carbonyl (C=O) groups excluding carboxylic acids is 2. The molecule has 0 saturated heterocycles. The van der Waals surface area contributed by atoms with E-state index in [4.69, 9.17) is 14.2 Å². The summed E-state index contributed by atoms with van der Waals surface area (Å²) in [6.45, 7) is 6.46. The highest BCUT2D eigenvalue weighted by molar-refractivity contribution is 5.94. The Morgan fingerprint density at radius 2 is 1.96 bits per heavy atom. The Kier molecular flexibility index (Phi) is 9.17. The van der Waals surface area contributed by atoms with Gasteiger partial charge in [-0.3, -0.25) is 9.59 Å². The van der Waals surface area contributed by atoms with Crippen LogP contribution in [0.3, 0.4) is 0 Å².